The number of rotatable bonds is 5. The number of carbonyl (C=O) groups excluding carboxylic acids is 1. The molecule has 2 aromatic rings. The number of H-pyrrole nitrogens is 1. The lowest BCUT2D eigenvalue weighted by Crippen LogP contribution is -2.49. The van der Waals surface area contributed by atoms with Crippen LogP contribution in [0.3, 0.4) is 0 Å². The summed E-state index contributed by atoms with van der Waals surface area (Å²) in [4.78, 5) is 13.3. The molecule has 0 aliphatic carbocycles. The van der Waals surface area contributed by atoms with Crippen LogP contribution < -0.4 is 5.73 Å². The molecule has 1 atom stereocenters. The summed E-state index contributed by atoms with van der Waals surface area (Å²) in [6.45, 7) is 1.93. The van der Waals surface area contributed by atoms with E-state index in [-0.39, 0.29) is 6.42 Å². The summed E-state index contributed by atoms with van der Waals surface area (Å²) in [5.74, 6) is -0.470. The number of amides is 1. The van der Waals surface area contributed by atoms with Crippen LogP contribution in [-0.2, 0) is 11.3 Å². The number of aromatic amines is 1. The molecule has 1 fully saturated rings. The van der Waals surface area contributed by atoms with Crippen LogP contribution in [0.4, 0.5) is 0 Å². The molecule has 4 N–H and O–H groups in total. The van der Waals surface area contributed by atoms with Gasteiger partial charge in [0.05, 0.1) is 23.9 Å². The van der Waals surface area contributed by atoms with E-state index in [1.807, 2.05) is 24.3 Å². The van der Waals surface area contributed by atoms with Crippen molar-refractivity contribution in [3.63, 3.8) is 0 Å². The van der Waals surface area contributed by atoms with Gasteiger partial charge in [-0.25, -0.2) is 0 Å². The summed E-state index contributed by atoms with van der Waals surface area (Å²) in [6, 6.07) is 7.59. The molecule has 0 spiro atoms. The molecule has 0 saturated carbocycles. The van der Waals surface area contributed by atoms with Crippen molar-refractivity contribution in [3.05, 3.63) is 41.0 Å². The summed E-state index contributed by atoms with van der Waals surface area (Å²) < 4.78 is 0. The van der Waals surface area contributed by atoms with Crippen molar-refractivity contribution in [1.82, 2.24) is 15.1 Å². The van der Waals surface area contributed by atoms with Crippen molar-refractivity contribution >= 4 is 17.5 Å². The number of hydrogen-bond acceptors (Lipinski definition) is 4. The van der Waals surface area contributed by atoms with Gasteiger partial charge in [0.25, 0.3) is 0 Å². The summed E-state index contributed by atoms with van der Waals surface area (Å²) >= 11 is 6.07. The molecule has 24 heavy (non-hydrogen) atoms. The number of hydrogen-bond donors (Lipinski definition) is 3. The summed E-state index contributed by atoms with van der Waals surface area (Å²) in [5.41, 5.74) is 7.14. The predicted octanol–water partition coefficient (Wildman–Crippen LogP) is 1.93. The normalized spacial score (nSPS) is 21.8. The number of benzene rings is 1. The SMILES string of the molecule is NC(=O)CC1(O)CCCN(Cc2cn[nH]c2-c2cccc(Cl)c2)C1. The number of nitrogens with zero attached hydrogens (tertiary/aromatic N) is 2. The lowest BCUT2D eigenvalue weighted by Gasteiger charge is -2.38. The van der Waals surface area contributed by atoms with Gasteiger partial charge >= 0.3 is 0 Å². The fourth-order valence-corrected chi connectivity index (χ4v) is 3.57. The van der Waals surface area contributed by atoms with Crippen LogP contribution in [0.25, 0.3) is 11.3 Å². The van der Waals surface area contributed by atoms with Crippen LogP contribution in [0.5, 0.6) is 0 Å². The van der Waals surface area contributed by atoms with E-state index in [2.05, 4.69) is 15.1 Å². The first-order chi connectivity index (χ1) is 11.5. The highest BCUT2D eigenvalue weighted by Gasteiger charge is 2.34. The molecular weight excluding hydrogens is 328 g/mol. The maximum Gasteiger partial charge on any atom is 0.220 e. The first-order valence-electron chi connectivity index (χ1n) is 7.96. The quantitative estimate of drug-likeness (QED) is 0.769. The summed E-state index contributed by atoms with van der Waals surface area (Å²) in [7, 11) is 0. The Morgan fingerprint density at radius 2 is 2.33 bits per heavy atom. The highest BCUT2D eigenvalue weighted by molar-refractivity contribution is 6.30. The van der Waals surface area contributed by atoms with Gasteiger partial charge in [-0.05, 0) is 31.5 Å². The molecule has 1 amide bonds. The van der Waals surface area contributed by atoms with Crippen LogP contribution in [0.2, 0.25) is 5.02 Å². The number of piperidine rings is 1. The number of halogens is 1. The molecule has 0 radical (unpaired) electrons. The molecule has 6 nitrogen and oxygen atoms in total. The van der Waals surface area contributed by atoms with E-state index in [0.29, 0.717) is 24.5 Å². The van der Waals surface area contributed by atoms with Gasteiger partial charge in [0.2, 0.25) is 5.91 Å². The third-order valence-corrected chi connectivity index (χ3v) is 4.60. The molecule has 1 aliphatic rings. The van der Waals surface area contributed by atoms with Crippen molar-refractivity contribution in [2.75, 3.05) is 13.1 Å². The average molecular weight is 349 g/mol. The fourth-order valence-electron chi connectivity index (χ4n) is 3.38. The van der Waals surface area contributed by atoms with E-state index < -0.39 is 11.5 Å². The molecule has 1 unspecified atom stereocenters. The third kappa shape index (κ3) is 3.95. The second-order valence-electron chi connectivity index (χ2n) is 6.46. The molecular formula is C17H21ClN4O2. The number of nitrogens with one attached hydrogen (secondary N) is 1. The van der Waals surface area contributed by atoms with Crippen molar-refractivity contribution in [3.8, 4) is 11.3 Å². The topological polar surface area (TPSA) is 95.2 Å². The Balaban J connectivity index is 1.75. The maximum atomic E-state index is 11.2. The van der Waals surface area contributed by atoms with E-state index in [9.17, 15) is 9.90 Å². The molecule has 1 aromatic carbocycles. The Kier molecular flexibility index (Phi) is 4.89. The number of β-amino-alcohol motifs (C(OH)–C–C–N with tert-alkyl or cyclic N) is 1. The molecule has 2 heterocycles. The standard InChI is InChI=1S/C17H21ClN4O2/c18-14-4-1-3-12(7-14)16-13(9-20-21-16)10-22-6-2-5-17(24,11-22)8-15(19)23/h1,3-4,7,9,24H,2,5-6,8,10-11H2,(H2,19,23)(H,20,21). The van der Waals surface area contributed by atoms with Crippen LogP contribution in [0, 0.1) is 0 Å². The zero-order chi connectivity index (χ0) is 17.2. The highest BCUT2D eigenvalue weighted by atomic mass is 35.5. The lowest BCUT2D eigenvalue weighted by molar-refractivity contribution is -0.125. The number of likely N-dealkylation sites (tertiary alicyclic amines) is 1. The first kappa shape index (κ1) is 17.0. The second-order valence-corrected chi connectivity index (χ2v) is 6.90. The average Bonchev–Trinajstić information content (AvgIpc) is 2.94. The van der Waals surface area contributed by atoms with Gasteiger partial charge in [0, 0.05) is 29.2 Å². The van der Waals surface area contributed by atoms with Gasteiger partial charge in [0.15, 0.2) is 0 Å². The Hall–Kier alpha value is -1.89. The van der Waals surface area contributed by atoms with Crippen LogP contribution >= 0.6 is 11.6 Å². The van der Waals surface area contributed by atoms with Gasteiger partial charge in [-0.2, -0.15) is 5.10 Å². The second kappa shape index (κ2) is 6.93. The van der Waals surface area contributed by atoms with Crippen molar-refractivity contribution in [2.45, 2.75) is 31.4 Å². The Labute approximate surface area is 145 Å². The number of aliphatic hydroxyl groups is 1. The Morgan fingerprint density at radius 1 is 1.50 bits per heavy atom. The smallest absolute Gasteiger partial charge is 0.220 e. The maximum absolute atomic E-state index is 11.2. The number of aromatic nitrogens is 2. The monoisotopic (exact) mass is 348 g/mol. The number of primary amides is 1. The summed E-state index contributed by atoms with van der Waals surface area (Å²) in [5, 5.41) is 18.4. The first-order valence-corrected chi connectivity index (χ1v) is 8.34. The van der Waals surface area contributed by atoms with E-state index in [4.69, 9.17) is 17.3 Å². The van der Waals surface area contributed by atoms with Gasteiger partial charge in [0.1, 0.15) is 0 Å². The lowest BCUT2D eigenvalue weighted by atomic mass is 9.89. The Morgan fingerprint density at radius 3 is 3.08 bits per heavy atom. The van der Waals surface area contributed by atoms with E-state index in [1.165, 1.54) is 0 Å². The minimum Gasteiger partial charge on any atom is -0.388 e. The van der Waals surface area contributed by atoms with Crippen molar-refractivity contribution in [2.24, 2.45) is 5.73 Å². The highest BCUT2D eigenvalue weighted by Crippen LogP contribution is 2.28. The molecule has 1 saturated heterocycles. The predicted molar refractivity (Wildman–Crippen MR) is 92.3 cm³/mol. The van der Waals surface area contributed by atoms with Crippen LogP contribution in [0.1, 0.15) is 24.8 Å². The van der Waals surface area contributed by atoms with E-state index in [1.54, 1.807) is 6.20 Å². The molecule has 128 valence electrons. The zero-order valence-corrected chi connectivity index (χ0v) is 14.1. The van der Waals surface area contributed by atoms with E-state index in [0.717, 1.165) is 29.8 Å². The van der Waals surface area contributed by atoms with Crippen LogP contribution in [0.15, 0.2) is 30.5 Å². The minimum atomic E-state index is -1.04. The number of nitrogens with two attached hydrogens (primary N) is 1. The molecule has 3 rings (SSSR count). The zero-order valence-electron chi connectivity index (χ0n) is 13.3. The van der Waals surface area contributed by atoms with Crippen molar-refractivity contribution in [1.29, 1.82) is 0 Å². The molecule has 0 bridgehead atoms. The molecule has 1 aromatic heterocycles. The van der Waals surface area contributed by atoms with E-state index >= 15 is 0 Å². The largest absolute Gasteiger partial charge is 0.388 e. The number of carbonyl (C=O) groups is 1. The van der Waals surface area contributed by atoms with Gasteiger partial charge in [-0.1, -0.05) is 23.7 Å². The van der Waals surface area contributed by atoms with Gasteiger partial charge in [-0.15, -0.1) is 0 Å². The minimum absolute atomic E-state index is 0.00393. The van der Waals surface area contributed by atoms with Crippen LogP contribution in [-0.4, -0.2) is 44.8 Å². The van der Waals surface area contributed by atoms with Gasteiger partial charge in [-0.3, -0.25) is 14.8 Å². The van der Waals surface area contributed by atoms with Gasteiger partial charge < -0.3 is 10.8 Å². The van der Waals surface area contributed by atoms with Crippen molar-refractivity contribution < 1.29 is 9.90 Å². The summed E-state index contributed by atoms with van der Waals surface area (Å²) in [6.07, 6.45) is 3.21. The Bertz CT molecular complexity index is 733. The fraction of sp³-hybridized carbons (Fsp3) is 0.412. The molecule has 1 aliphatic heterocycles. The third-order valence-electron chi connectivity index (χ3n) is 4.36. The molecule has 7 heteroatoms.